The number of ether oxygens (including phenoxy) is 1. The monoisotopic (exact) mass is 388 g/mol. The van der Waals surface area contributed by atoms with Crippen molar-refractivity contribution in [2.45, 2.75) is 31.5 Å². The molecule has 2 amide bonds. The van der Waals surface area contributed by atoms with Gasteiger partial charge in [-0.25, -0.2) is 9.78 Å². The van der Waals surface area contributed by atoms with Crippen LogP contribution in [0.1, 0.15) is 30.3 Å². The van der Waals surface area contributed by atoms with Crippen molar-refractivity contribution in [3.05, 3.63) is 24.0 Å². The molecule has 4 heterocycles. The number of aromatic nitrogens is 1. The zero-order valence-electron chi connectivity index (χ0n) is 15.7. The number of pyridine rings is 1. The average molecular weight is 388 g/mol. The molecular weight excluding hydrogens is 364 g/mol. The Morgan fingerprint density at radius 1 is 1.39 bits per heavy atom. The summed E-state index contributed by atoms with van der Waals surface area (Å²) < 4.78 is 6.36. The zero-order valence-corrected chi connectivity index (χ0v) is 15.7. The number of hydrogen-bond donors (Lipinski definition) is 3. The molecular formula is C19H24N4O5. The van der Waals surface area contributed by atoms with Crippen LogP contribution in [0.15, 0.2) is 18.3 Å². The number of carbonyl (C=O) groups excluding carboxylic acids is 2. The second-order valence-electron chi connectivity index (χ2n) is 7.83. The molecule has 3 aliphatic heterocycles. The Hall–Kier alpha value is -2.68. The van der Waals surface area contributed by atoms with Gasteiger partial charge in [0.2, 0.25) is 11.8 Å². The molecule has 9 nitrogen and oxygen atoms in total. The molecule has 0 unspecified atom stereocenters. The van der Waals surface area contributed by atoms with Gasteiger partial charge in [0.05, 0.1) is 18.2 Å². The van der Waals surface area contributed by atoms with Gasteiger partial charge < -0.3 is 25.4 Å². The Kier molecular flexibility index (Phi) is 4.70. The minimum absolute atomic E-state index is 0.0233. The number of carboxylic acids is 1. The summed E-state index contributed by atoms with van der Waals surface area (Å²) in [6.45, 7) is 3.34. The second kappa shape index (κ2) is 7.05. The predicted molar refractivity (Wildman–Crippen MR) is 98.9 cm³/mol. The minimum Gasteiger partial charge on any atom is -0.477 e. The maximum Gasteiger partial charge on any atom is 0.354 e. The highest BCUT2D eigenvalue weighted by molar-refractivity contribution is 5.86. The molecule has 2 bridgehead atoms. The number of nitrogens with zero attached hydrogens (tertiary/aromatic N) is 2. The lowest BCUT2D eigenvalue weighted by atomic mass is 9.73. The SMILES string of the molecule is CC(=O)NCC(=O)NC[C@H]1[C@H]2CN(c3ccnc(C(=O)O)c3)C[C@]23CC[C@H]1O3. The largest absolute Gasteiger partial charge is 0.477 e. The topological polar surface area (TPSA) is 121 Å². The summed E-state index contributed by atoms with van der Waals surface area (Å²) in [7, 11) is 0. The van der Waals surface area contributed by atoms with E-state index >= 15 is 0 Å². The number of hydrogen-bond acceptors (Lipinski definition) is 6. The third-order valence-electron chi connectivity index (χ3n) is 6.14. The fourth-order valence-corrected chi connectivity index (χ4v) is 4.89. The van der Waals surface area contributed by atoms with Crippen molar-refractivity contribution in [3.63, 3.8) is 0 Å². The van der Waals surface area contributed by atoms with E-state index in [-0.39, 0.29) is 47.6 Å². The first-order chi connectivity index (χ1) is 13.4. The summed E-state index contributed by atoms with van der Waals surface area (Å²) in [5.74, 6) is -1.00. The number of aromatic carboxylic acids is 1. The summed E-state index contributed by atoms with van der Waals surface area (Å²) in [6.07, 6.45) is 3.60. The van der Waals surface area contributed by atoms with E-state index in [1.54, 1.807) is 6.07 Å². The van der Waals surface area contributed by atoms with E-state index in [1.807, 2.05) is 6.07 Å². The van der Waals surface area contributed by atoms with E-state index in [1.165, 1.54) is 13.1 Å². The Labute approximate surface area is 162 Å². The smallest absolute Gasteiger partial charge is 0.354 e. The lowest BCUT2D eigenvalue weighted by Crippen LogP contribution is -2.44. The van der Waals surface area contributed by atoms with E-state index in [0.717, 1.165) is 25.1 Å². The van der Waals surface area contributed by atoms with E-state index in [9.17, 15) is 19.5 Å². The molecule has 3 fully saturated rings. The standard InChI is InChI=1S/C19H24N4O5/c1-11(24)21-8-17(25)22-7-13-14-9-23(10-19(14)4-2-16(13)28-19)12-3-5-20-15(6-12)18(26)27/h3,5-6,13-14,16H,2,4,7-10H2,1H3,(H,21,24)(H,22,25)(H,26,27)/t13-,14+,16+,19+/m0/s1. The van der Waals surface area contributed by atoms with E-state index in [4.69, 9.17) is 4.74 Å². The van der Waals surface area contributed by atoms with Gasteiger partial charge in [-0.3, -0.25) is 9.59 Å². The number of carbonyl (C=O) groups is 3. The molecule has 0 aliphatic carbocycles. The Morgan fingerprint density at radius 2 is 2.21 bits per heavy atom. The molecule has 150 valence electrons. The number of rotatable bonds is 6. The average Bonchev–Trinajstić information content (AvgIpc) is 3.33. The third kappa shape index (κ3) is 3.30. The molecule has 0 saturated carbocycles. The summed E-state index contributed by atoms with van der Waals surface area (Å²) in [5, 5.41) is 14.6. The van der Waals surface area contributed by atoms with Crippen molar-refractivity contribution < 1.29 is 24.2 Å². The Bertz CT molecular complexity index is 815. The zero-order chi connectivity index (χ0) is 19.9. The van der Waals surface area contributed by atoms with Crippen molar-refractivity contribution in [2.75, 3.05) is 31.1 Å². The first kappa shape index (κ1) is 18.7. The van der Waals surface area contributed by atoms with Crippen LogP contribution in [0.2, 0.25) is 0 Å². The van der Waals surface area contributed by atoms with Crippen molar-refractivity contribution >= 4 is 23.5 Å². The molecule has 3 saturated heterocycles. The highest BCUT2D eigenvalue weighted by atomic mass is 16.5. The van der Waals surface area contributed by atoms with Crippen LogP contribution in [0.3, 0.4) is 0 Å². The maximum atomic E-state index is 11.9. The van der Waals surface area contributed by atoms with Crippen LogP contribution in [0.5, 0.6) is 0 Å². The molecule has 9 heteroatoms. The highest BCUT2D eigenvalue weighted by Gasteiger charge is 2.62. The van der Waals surface area contributed by atoms with Crippen molar-refractivity contribution in [1.29, 1.82) is 0 Å². The van der Waals surface area contributed by atoms with Crippen LogP contribution >= 0.6 is 0 Å². The van der Waals surface area contributed by atoms with Crippen LogP contribution in [-0.4, -0.2) is 65.8 Å². The van der Waals surface area contributed by atoms with Crippen LogP contribution < -0.4 is 15.5 Å². The van der Waals surface area contributed by atoms with Crippen LogP contribution in [0.25, 0.3) is 0 Å². The molecule has 3 aliphatic rings. The van der Waals surface area contributed by atoms with E-state index < -0.39 is 5.97 Å². The Balaban J connectivity index is 1.43. The second-order valence-corrected chi connectivity index (χ2v) is 7.83. The fourth-order valence-electron chi connectivity index (χ4n) is 4.89. The highest BCUT2D eigenvalue weighted by Crippen LogP contribution is 2.55. The lowest BCUT2D eigenvalue weighted by molar-refractivity contribution is -0.125. The number of fused-ring (bicyclic) bond motifs is 1. The predicted octanol–water partition coefficient (Wildman–Crippen LogP) is 0.0159. The third-order valence-corrected chi connectivity index (χ3v) is 6.14. The summed E-state index contributed by atoms with van der Waals surface area (Å²) in [5.41, 5.74) is 0.625. The molecule has 1 spiro atoms. The summed E-state index contributed by atoms with van der Waals surface area (Å²) in [6, 6.07) is 3.41. The molecule has 1 aromatic heterocycles. The molecule has 28 heavy (non-hydrogen) atoms. The van der Waals surface area contributed by atoms with Crippen LogP contribution in [0.4, 0.5) is 5.69 Å². The molecule has 4 atom stereocenters. The number of amides is 2. The summed E-state index contributed by atoms with van der Waals surface area (Å²) in [4.78, 5) is 40.1. The van der Waals surface area contributed by atoms with Gasteiger partial charge in [0, 0.05) is 50.3 Å². The van der Waals surface area contributed by atoms with Crippen molar-refractivity contribution in [1.82, 2.24) is 15.6 Å². The van der Waals surface area contributed by atoms with E-state index in [0.29, 0.717) is 13.1 Å². The van der Waals surface area contributed by atoms with Crippen molar-refractivity contribution in [2.24, 2.45) is 11.8 Å². The van der Waals surface area contributed by atoms with Crippen LogP contribution in [0, 0.1) is 11.8 Å². The lowest BCUT2D eigenvalue weighted by Gasteiger charge is -2.29. The minimum atomic E-state index is -1.05. The van der Waals surface area contributed by atoms with E-state index in [2.05, 4.69) is 20.5 Å². The van der Waals surface area contributed by atoms with Gasteiger partial charge >= 0.3 is 5.97 Å². The number of carboxylic acid groups (broad SMARTS) is 1. The molecule has 0 radical (unpaired) electrons. The molecule has 3 N–H and O–H groups in total. The first-order valence-electron chi connectivity index (χ1n) is 9.51. The van der Waals surface area contributed by atoms with Crippen molar-refractivity contribution in [3.8, 4) is 0 Å². The fraction of sp³-hybridized carbons (Fsp3) is 0.579. The first-order valence-corrected chi connectivity index (χ1v) is 9.51. The van der Waals surface area contributed by atoms with Crippen LogP contribution in [-0.2, 0) is 14.3 Å². The van der Waals surface area contributed by atoms with Gasteiger partial charge in [-0.15, -0.1) is 0 Å². The van der Waals surface area contributed by atoms with Gasteiger partial charge in [-0.1, -0.05) is 0 Å². The quantitative estimate of drug-likeness (QED) is 0.628. The van der Waals surface area contributed by atoms with Gasteiger partial charge in [0.1, 0.15) is 5.69 Å². The summed E-state index contributed by atoms with van der Waals surface area (Å²) >= 11 is 0. The Morgan fingerprint density at radius 3 is 2.96 bits per heavy atom. The molecule has 0 aromatic carbocycles. The molecule has 4 rings (SSSR count). The van der Waals surface area contributed by atoms with Gasteiger partial charge in [0.15, 0.2) is 0 Å². The van der Waals surface area contributed by atoms with Gasteiger partial charge in [-0.2, -0.15) is 0 Å². The van der Waals surface area contributed by atoms with Gasteiger partial charge in [-0.05, 0) is 25.0 Å². The maximum absolute atomic E-state index is 11.9. The number of nitrogens with one attached hydrogen (secondary N) is 2. The molecule has 1 aromatic rings. The normalized spacial score (nSPS) is 30.2. The van der Waals surface area contributed by atoms with Gasteiger partial charge in [0.25, 0.3) is 0 Å². The number of anilines is 1.